The average Bonchev–Trinajstić information content (AvgIpc) is 2.67. The van der Waals surface area contributed by atoms with Crippen LogP contribution >= 0.6 is 0 Å². The van der Waals surface area contributed by atoms with Gasteiger partial charge in [0.1, 0.15) is 32.7 Å². The van der Waals surface area contributed by atoms with Gasteiger partial charge in [-0.25, -0.2) is 0 Å². The highest BCUT2D eigenvalue weighted by Crippen LogP contribution is 2.03. The molecule has 1 amide bonds. The van der Waals surface area contributed by atoms with Gasteiger partial charge in [0.05, 0.1) is 33.0 Å². The van der Waals surface area contributed by atoms with Gasteiger partial charge in [-0.15, -0.1) is 0 Å². The van der Waals surface area contributed by atoms with E-state index in [1.165, 1.54) is 5.56 Å². The second kappa shape index (κ2) is 9.87. The quantitative estimate of drug-likeness (QED) is 0.506. The van der Waals surface area contributed by atoms with Crippen LogP contribution in [0.5, 0.6) is 0 Å². The van der Waals surface area contributed by atoms with Crippen molar-refractivity contribution in [3.05, 3.63) is 35.4 Å². The maximum Gasteiger partial charge on any atom is 0.251 e. The van der Waals surface area contributed by atoms with Crippen molar-refractivity contribution in [3.63, 3.8) is 0 Å². The van der Waals surface area contributed by atoms with Gasteiger partial charge in [-0.3, -0.25) is 4.79 Å². The SMILES string of the molecule is O=C(NCCC[NH+]1CCOCC1)c1ccc(C[NH+]2CCOCC2)cc1. The fourth-order valence-corrected chi connectivity index (χ4v) is 3.45. The third-order valence-corrected chi connectivity index (χ3v) is 5.06. The maximum absolute atomic E-state index is 12.2. The zero-order valence-corrected chi connectivity index (χ0v) is 15.0. The maximum atomic E-state index is 12.2. The summed E-state index contributed by atoms with van der Waals surface area (Å²) in [4.78, 5) is 15.4. The molecule has 2 aliphatic rings. The molecule has 2 fully saturated rings. The first-order chi connectivity index (χ1) is 12.3. The van der Waals surface area contributed by atoms with E-state index >= 15 is 0 Å². The third kappa shape index (κ3) is 6.08. The van der Waals surface area contributed by atoms with Gasteiger partial charge in [-0.1, -0.05) is 12.1 Å². The largest absolute Gasteiger partial charge is 0.370 e. The fourth-order valence-electron chi connectivity index (χ4n) is 3.45. The minimum atomic E-state index is 0.0299. The molecule has 1 aromatic carbocycles. The molecule has 0 aliphatic carbocycles. The van der Waals surface area contributed by atoms with Crippen LogP contribution in [0, 0.1) is 0 Å². The highest BCUT2D eigenvalue weighted by molar-refractivity contribution is 5.94. The Morgan fingerprint density at radius 3 is 2.16 bits per heavy atom. The third-order valence-electron chi connectivity index (χ3n) is 5.06. The number of nitrogens with one attached hydrogen (secondary N) is 3. The summed E-state index contributed by atoms with van der Waals surface area (Å²) in [5, 5.41) is 3.03. The minimum Gasteiger partial charge on any atom is -0.370 e. The number of carbonyl (C=O) groups excluding carboxylic acids is 1. The lowest BCUT2D eigenvalue weighted by Gasteiger charge is -2.23. The molecule has 0 aromatic heterocycles. The van der Waals surface area contributed by atoms with Gasteiger partial charge in [0, 0.05) is 24.1 Å². The highest BCUT2D eigenvalue weighted by atomic mass is 16.5. The van der Waals surface area contributed by atoms with E-state index in [1.54, 1.807) is 9.80 Å². The molecule has 0 atom stereocenters. The van der Waals surface area contributed by atoms with Crippen LogP contribution in [0.4, 0.5) is 0 Å². The molecule has 0 saturated carbocycles. The summed E-state index contributed by atoms with van der Waals surface area (Å²) in [5.41, 5.74) is 2.03. The lowest BCUT2D eigenvalue weighted by Crippen LogP contribution is -3.14. The van der Waals surface area contributed by atoms with Gasteiger partial charge in [0.15, 0.2) is 0 Å². The van der Waals surface area contributed by atoms with Gasteiger partial charge >= 0.3 is 0 Å². The number of hydrogen-bond donors (Lipinski definition) is 3. The van der Waals surface area contributed by atoms with Crippen molar-refractivity contribution in [2.75, 3.05) is 65.7 Å². The topological polar surface area (TPSA) is 56.4 Å². The summed E-state index contributed by atoms with van der Waals surface area (Å²) < 4.78 is 10.8. The number of morpholine rings is 2. The van der Waals surface area contributed by atoms with E-state index in [1.807, 2.05) is 12.1 Å². The Morgan fingerprint density at radius 2 is 1.52 bits per heavy atom. The van der Waals surface area contributed by atoms with Gasteiger partial charge in [0.25, 0.3) is 5.91 Å². The van der Waals surface area contributed by atoms with Crippen LogP contribution < -0.4 is 15.1 Å². The number of amides is 1. The molecule has 2 heterocycles. The number of rotatable bonds is 7. The Balaban J connectivity index is 1.36. The molecule has 0 spiro atoms. The summed E-state index contributed by atoms with van der Waals surface area (Å²) in [5.74, 6) is 0.0299. The Bertz CT molecular complexity index is 523. The van der Waals surface area contributed by atoms with Crippen molar-refractivity contribution in [2.24, 2.45) is 0 Å². The van der Waals surface area contributed by atoms with Crippen LogP contribution in [0.2, 0.25) is 0 Å². The fraction of sp³-hybridized carbons (Fsp3) is 0.632. The van der Waals surface area contributed by atoms with E-state index in [2.05, 4.69) is 17.4 Å². The van der Waals surface area contributed by atoms with Gasteiger partial charge in [-0.05, 0) is 12.1 Å². The number of carbonyl (C=O) groups is 1. The summed E-state index contributed by atoms with van der Waals surface area (Å²) in [6.07, 6.45) is 1.01. The van der Waals surface area contributed by atoms with Gasteiger partial charge < -0.3 is 24.6 Å². The van der Waals surface area contributed by atoms with Crippen LogP contribution in [0.1, 0.15) is 22.3 Å². The molecule has 0 bridgehead atoms. The molecule has 25 heavy (non-hydrogen) atoms. The Labute approximate surface area is 150 Å². The summed E-state index contributed by atoms with van der Waals surface area (Å²) >= 11 is 0. The Morgan fingerprint density at radius 1 is 0.920 bits per heavy atom. The van der Waals surface area contributed by atoms with Crippen molar-refractivity contribution < 1.29 is 24.1 Å². The van der Waals surface area contributed by atoms with Crippen LogP contribution in [-0.4, -0.2) is 71.6 Å². The average molecular weight is 349 g/mol. The highest BCUT2D eigenvalue weighted by Gasteiger charge is 2.15. The second-order valence-corrected chi connectivity index (χ2v) is 6.96. The predicted molar refractivity (Wildman–Crippen MR) is 95.0 cm³/mol. The van der Waals surface area contributed by atoms with Crippen LogP contribution in [0.25, 0.3) is 0 Å². The van der Waals surface area contributed by atoms with Crippen LogP contribution in [0.3, 0.4) is 0 Å². The molecule has 3 N–H and O–H groups in total. The molecule has 6 nitrogen and oxygen atoms in total. The smallest absolute Gasteiger partial charge is 0.251 e. The molecule has 1 aromatic rings. The molecule has 138 valence electrons. The van der Waals surface area contributed by atoms with Crippen molar-refractivity contribution in [1.29, 1.82) is 0 Å². The van der Waals surface area contributed by atoms with Gasteiger partial charge in [0.2, 0.25) is 0 Å². The Hall–Kier alpha value is -1.47. The first-order valence-electron chi connectivity index (χ1n) is 9.51. The lowest BCUT2D eigenvalue weighted by atomic mass is 10.1. The molecule has 6 heteroatoms. The second-order valence-electron chi connectivity index (χ2n) is 6.96. The molecular formula is C19H31N3O3+2. The summed E-state index contributed by atoms with van der Waals surface area (Å²) in [7, 11) is 0. The molecule has 3 rings (SSSR count). The first-order valence-corrected chi connectivity index (χ1v) is 9.51. The van der Waals surface area contributed by atoms with Crippen molar-refractivity contribution in [2.45, 2.75) is 13.0 Å². The van der Waals surface area contributed by atoms with E-state index in [0.29, 0.717) is 0 Å². The monoisotopic (exact) mass is 349 g/mol. The van der Waals surface area contributed by atoms with E-state index in [-0.39, 0.29) is 5.91 Å². The van der Waals surface area contributed by atoms with Crippen LogP contribution in [-0.2, 0) is 16.0 Å². The van der Waals surface area contributed by atoms with E-state index in [9.17, 15) is 4.79 Å². The lowest BCUT2D eigenvalue weighted by molar-refractivity contribution is -0.921. The zero-order chi connectivity index (χ0) is 17.3. The van der Waals surface area contributed by atoms with E-state index in [4.69, 9.17) is 9.47 Å². The van der Waals surface area contributed by atoms with Gasteiger partial charge in [-0.2, -0.15) is 0 Å². The van der Waals surface area contributed by atoms with Crippen LogP contribution in [0.15, 0.2) is 24.3 Å². The zero-order valence-electron chi connectivity index (χ0n) is 15.0. The van der Waals surface area contributed by atoms with Crippen molar-refractivity contribution in [3.8, 4) is 0 Å². The van der Waals surface area contributed by atoms with E-state index < -0.39 is 0 Å². The Kier molecular flexibility index (Phi) is 7.23. The van der Waals surface area contributed by atoms with Crippen molar-refractivity contribution >= 4 is 5.91 Å². The number of benzene rings is 1. The summed E-state index contributed by atoms with van der Waals surface area (Å²) in [6, 6.07) is 8.04. The molecule has 0 radical (unpaired) electrons. The van der Waals surface area contributed by atoms with E-state index in [0.717, 1.165) is 84.2 Å². The normalized spacial score (nSPS) is 19.7. The summed E-state index contributed by atoms with van der Waals surface area (Å²) in [6.45, 7) is 10.6. The standard InChI is InChI=1S/C19H29N3O3/c23-19(20-6-1-7-21-8-12-24-13-9-21)18-4-2-17(3-5-18)16-22-10-14-25-15-11-22/h2-5H,1,6-16H2,(H,20,23)/p+2. The minimum absolute atomic E-state index is 0.0299. The number of quaternary nitrogens is 2. The number of ether oxygens (including phenoxy) is 2. The predicted octanol–water partition coefficient (Wildman–Crippen LogP) is -1.86. The molecule has 2 aliphatic heterocycles. The number of hydrogen-bond acceptors (Lipinski definition) is 3. The van der Waals surface area contributed by atoms with Crippen molar-refractivity contribution in [1.82, 2.24) is 5.32 Å². The molecular weight excluding hydrogens is 318 g/mol. The molecule has 2 saturated heterocycles. The molecule has 0 unspecified atom stereocenters. The first kappa shape index (κ1) is 18.3.